The highest BCUT2D eigenvalue weighted by Gasteiger charge is 2.47. The second kappa shape index (κ2) is 2.84. The lowest BCUT2D eigenvalue weighted by Gasteiger charge is -2.56. The zero-order valence-electron chi connectivity index (χ0n) is 7.68. The van der Waals surface area contributed by atoms with Gasteiger partial charge in [-0.3, -0.25) is 0 Å². The third kappa shape index (κ3) is 1.31. The average molecular weight is 279 g/mol. The van der Waals surface area contributed by atoms with Crippen molar-refractivity contribution in [2.75, 3.05) is 0 Å². The molecule has 4 rings (SSSR count). The summed E-state index contributed by atoms with van der Waals surface area (Å²) in [5.74, 6) is 2.16. The Bertz CT molecular complexity index is 155. The number of hydrogen-bond acceptors (Lipinski definition) is 1. The van der Waals surface area contributed by atoms with Crippen LogP contribution in [-0.2, 0) is 0 Å². The van der Waals surface area contributed by atoms with Crippen molar-refractivity contribution in [3.05, 3.63) is 0 Å². The minimum Gasteiger partial charge on any atom is -0.309 e. The maximum atomic E-state index is 3.79. The van der Waals surface area contributed by atoms with Crippen LogP contribution >= 0.6 is 24.0 Å². The molecule has 0 amide bonds. The van der Waals surface area contributed by atoms with Gasteiger partial charge in [0.05, 0.1) is 0 Å². The summed E-state index contributed by atoms with van der Waals surface area (Å²) in [6, 6.07) is 0.895. The van der Waals surface area contributed by atoms with E-state index in [1.165, 1.54) is 25.7 Å². The van der Waals surface area contributed by atoms with Crippen LogP contribution in [-0.4, -0.2) is 11.6 Å². The van der Waals surface area contributed by atoms with Crippen LogP contribution in [0, 0.1) is 11.8 Å². The standard InChI is InChI=1S/C10H17N.HI/c1-10-5-7-2-8(6-10)4-9(3-7)11-10;/h7-9,11H,2-6H2,1H3;1H. The minimum atomic E-state index is 0. The molecule has 0 radical (unpaired) electrons. The van der Waals surface area contributed by atoms with Crippen molar-refractivity contribution >= 4 is 24.0 Å². The van der Waals surface area contributed by atoms with Gasteiger partial charge in [-0.1, -0.05) is 0 Å². The van der Waals surface area contributed by atoms with Gasteiger partial charge in [0.1, 0.15) is 0 Å². The Kier molecular flexibility index (Phi) is 2.19. The van der Waals surface area contributed by atoms with Crippen LogP contribution in [0.15, 0.2) is 0 Å². The summed E-state index contributed by atoms with van der Waals surface area (Å²) in [6.07, 6.45) is 7.42. The Balaban J connectivity index is 0.000000563. The fourth-order valence-corrected chi connectivity index (χ4v) is 3.98. The third-order valence-electron chi connectivity index (χ3n) is 3.93. The molecule has 4 bridgehead atoms. The van der Waals surface area contributed by atoms with E-state index in [-0.39, 0.29) is 24.0 Å². The zero-order valence-corrected chi connectivity index (χ0v) is 10.0. The molecule has 0 spiro atoms. The van der Waals surface area contributed by atoms with Crippen molar-refractivity contribution in [2.45, 2.75) is 50.6 Å². The van der Waals surface area contributed by atoms with Crippen molar-refractivity contribution in [1.29, 1.82) is 0 Å². The van der Waals surface area contributed by atoms with E-state index in [4.69, 9.17) is 0 Å². The lowest BCUT2D eigenvalue weighted by atomic mass is 9.60. The van der Waals surface area contributed by atoms with Crippen LogP contribution in [0.5, 0.6) is 0 Å². The second-order valence-electron chi connectivity index (χ2n) is 5.25. The molecule has 0 aromatic rings. The Hall–Kier alpha value is 0.690. The number of piperidine rings is 2. The summed E-state index contributed by atoms with van der Waals surface area (Å²) in [4.78, 5) is 0. The Morgan fingerprint density at radius 2 is 1.67 bits per heavy atom. The highest BCUT2D eigenvalue weighted by molar-refractivity contribution is 14.0. The predicted molar refractivity (Wildman–Crippen MR) is 60.8 cm³/mol. The summed E-state index contributed by atoms with van der Waals surface area (Å²) in [6.45, 7) is 2.43. The van der Waals surface area contributed by atoms with Gasteiger partial charge in [0.2, 0.25) is 0 Å². The van der Waals surface area contributed by atoms with Crippen LogP contribution in [0.2, 0.25) is 0 Å². The number of rotatable bonds is 0. The van der Waals surface area contributed by atoms with E-state index in [1.807, 2.05) is 0 Å². The lowest BCUT2D eigenvalue weighted by Crippen LogP contribution is -2.62. The van der Waals surface area contributed by atoms with Crippen LogP contribution in [0.1, 0.15) is 39.0 Å². The van der Waals surface area contributed by atoms with Crippen LogP contribution in [0.25, 0.3) is 0 Å². The largest absolute Gasteiger partial charge is 0.309 e. The molecular formula is C10H18IN. The quantitative estimate of drug-likeness (QED) is 0.672. The molecule has 2 heterocycles. The van der Waals surface area contributed by atoms with Gasteiger partial charge < -0.3 is 5.32 Å². The number of hydrogen-bond donors (Lipinski definition) is 1. The SMILES string of the molecule is CC12CC3CC(CC(C3)N1)C2.I. The minimum absolute atomic E-state index is 0. The molecule has 2 heteroatoms. The van der Waals surface area contributed by atoms with E-state index in [0.717, 1.165) is 17.9 Å². The highest BCUT2D eigenvalue weighted by Crippen LogP contribution is 2.49. The molecule has 2 saturated carbocycles. The molecular weight excluding hydrogens is 261 g/mol. The molecule has 4 aliphatic rings. The zero-order chi connectivity index (χ0) is 7.47. The first-order valence-electron chi connectivity index (χ1n) is 5.01. The van der Waals surface area contributed by atoms with Crippen LogP contribution in [0.3, 0.4) is 0 Å². The molecule has 2 aliphatic carbocycles. The normalized spacial score (nSPS) is 55.2. The summed E-state index contributed by atoms with van der Waals surface area (Å²) < 4.78 is 0. The van der Waals surface area contributed by atoms with Gasteiger partial charge in [0.25, 0.3) is 0 Å². The molecule has 2 unspecified atom stereocenters. The van der Waals surface area contributed by atoms with Gasteiger partial charge >= 0.3 is 0 Å². The molecule has 1 nitrogen and oxygen atoms in total. The third-order valence-corrected chi connectivity index (χ3v) is 3.93. The first-order valence-corrected chi connectivity index (χ1v) is 5.01. The van der Waals surface area contributed by atoms with Crippen molar-refractivity contribution in [3.8, 4) is 0 Å². The molecule has 12 heavy (non-hydrogen) atoms. The van der Waals surface area contributed by atoms with Gasteiger partial charge in [0, 0.05) is 11.6 Å². The van der Waals surface area contributed by atoms with Gasteiger partial charge in [0.15, 0.2) is 0 Å². The Labute approximate surface area is 91.7 Å². The fourth-order valence-electron chi connectivity index (χ4n) is 3.98. The first kappa shape index (κ1) is 9.25. The summed E-state index contributed by atoms with van der Waals surface area (Å²) in [7, 11) is 0. The molecule has 0 aromatic carbocycles. The molecule has 2 atom stereocenters. The van der Waals surface area contributed by atoms with E-state index in [2.05, 4.69) is 12.2 Å². The highest BCUT2D eigenvalue weighted by atomic mass is 127. The number of nitrogens with one attached hydrogen (secondary N) is 1. The Morgan fingerprint density at radius 1 is 1.08 bits per heavy atom. The van der Waals surface area contributed by atoms with Gasteiger partial charge in [-0.25, -0.2) is 0 Å². The molecule has 2 saturated heterocycles. The average Bonchev–Trinajstić information content (AvgIpc) is 1.79. The Morgan fingerprint density at radius 3 is 2.08 bits per heavy atom. The van der Waals surface area contributed by atoms with E-state index in [1.54, 1.807) is 6.42 Å². The first-order chi connectivity index (χ1) is 5.23. The van der Waals surface area contributed by atoms with E-state index < -0.39 is 0 Å². The molecule has 4 fully saturated rings. The maximum Gasteiger partial charge on any atom is 0.0161 e. The van der Waals surface area contributed by atoms with E-state index in [9.17, 15) is 0 Å². The molecule has 1 N–H and O–H groups in total. The van der Waals surface area contributed by atoms with Crippen LogP contribution in [0.4, 0.5) is 0 Å². The summed E-state index contributed by atoms with van der Waals surface area (Å²) in [5, 5.41) is 3.79. The van der Waals surface area contributed by atoms with Crippen molar-refractivity contribution in [3.63, 3.8) is 0 Å². The summed E-state index contributed by atoms with van der Waals surface area (Å²) >= 11 is 0. The van der Waals surface area contributed by atoms with Gasteiger partial charge in [-0.05, 0) is 50.9 Å². The molecule has 2 aliphatic heterocycles. The van der Waals surface area contributed by atoms with Crippen LogP contribution < -0.4 is 5.32 Å². The molecule has 70 valence electrons. The molecule has 0 aromatic heterocycles. The van der Waals surface area contributed by atoms with Crippen molar-refractivity contribution in [1.82, 2.24) is 5.32 Å². The fraction of sp³-hybridized carbons (Fsp3) is 1.00. The number of halogens is 1. The van der Waals surface area contributed by atoms with E-state index in [0.29, 0.717) is 5.54 Å². The topological polar surface area (TPSA) is 12.0 Å². The van der Waals surface area contributed by atoms with Crippen molar-refractivity contribution < 1.29 is 0 Å². The van der Waals surface area contributed by atoms with Crippen molar-refractivity contribution in [2.24, 2.45) is 11.8 Å². The van der Waals surface area contributed by atoms with Gasteiger partial charge in [-0.15, -0.1) is 24.0 Å². The van der Waals surface area contributed by atoms with E-state index >= 15 is 0 Å². The summed E-state index contributed by atoms with van der Waals surface area (Å²) in [5.41, 5.74) is 0.550. The lowest BCUT2D eigenvalue weighted by molar-refractivity contribution is 0.00775. The maximum absolute atomic E-state index is 3.79. The van der Waals surface area contributed by atoms with Gasteiger partial charge in [-0.2, -0.15) is 0 Å². The predicted octanol–water partition coefficient (Wildman–Crippen LogP) is 2.55. The monoisotopic (exact) mass is 279 g/mol. The second-order valence-corrected chi connectivity index (χ2v) is 5.25. The smallest absolute Gasteiger partial charge is 0.0161 e.